The largest absolute Gasteiger partial charge is 0.328 e. The Morgan fingerprint density at radius 1 is 1.31 bits per heavy atom. The van der Waals surface area contributed by atoms with Gasteiger partial charge in [-0.25, -0.2) is 9.38 Å². The Labute approximate surface area is 101 Å². The number of hydrogen-bond donors (Lipinski definition) is 0. The topological polar surface area (TPSA) is 15.6 Å². The lowest BCUT2D eigenvalue weighted by molar-refractivity contribution is 0.511. The van der Waals surface area contributed by atoms with E-state index in [0.717, 1.165) is 10.3 Å². The van der Waals surface area contributed by atoms with Crippen molar-refractivity contribution >= 4 is 27.5 Å². The molecule has 0 amide bonds. The minimum atomic E-state index is -0.213. The second-order valence-electron chi connectivity index (χ2n) is 3.68. The average molecular weight is 279 g/mol. The van der Waals surface area contributed by atoms with Crippen LogP contribution in [0.3, 0.4) is 0 Å². The highest BCUT2D eigenvalue weighted by molar-refractivity contribution is 9.10. The zero-order valence-corrected chi connectivity index (χ0v) is 9.91. The van der Waals surface area contributed by atoms with Crippen molar-refractivity contribution < 1.29 is 4.39 Å². The number of amidine groups is 1. The Hall–Kier alpha value is -1.42. The van der Waals surface area contributed by atoms with Crippen molar-refractivity contribution in [2.75, 3.05) is 0 Å². The third-order valence-corrected chi connectivity index (χ3v) is 3.07. The molecule has 0 aliphatic carbocycles. The summed E-state index contributed by atoms with van der Waals surface area (Å²) in [4.78, 5) is 6.35. The van der Waals surface area contributed by atoms with E-state index in [1.165, 1.54) is 6.07 Å². The molecule has 0 radical (unpaired) electrons. The number of rotatable bonds is 0. The molecule has 2 nitrogen and oxygen atoms in total. The summed E-state index contributed by atoms with van der Waals surface area (Å²) in [6.45, 7) is 0.536. The van der Waals surface area contributed by atoms with E-state index in [-0.39, 0.29) is 5.82 Å². The Morgan fingerprint density at radius 3 is 3.06 bits per heavy atom. The van der Waals surface area contributed by atoms with Crippen LogP contribution in [0.1, 0.15) is 5.56 Å². The molecular weight excluding hydrogens is 271 g/mol. The molecule has 2 aliphatic heterocycles. The summed E-state index contributed by atoms with van der Waals surface area (Å²) in [7, 11) is 0. The lowest BCUT2D eigenvalue weighted by Gasteiger charge is -2.27. The van der Waals surface area contributed by atoms with Gasteiger partial charge in [0.25, 0.3) is 0 Å². The predicted molar refractivity (Wildman–Crippen MR) is 65.0 cm³/mol. The van der Waals surface area contributed by atoms with E-state index in [4.69, 9.17) is 0 Å². The SMILES string of the molecule is Fc1cc(Br)cc2c1CN1C=CC=CC1=N2. The maximum Gasteiger partial charge on any atom is 0.133 e. The van der Waals surface area contributed by atoms with Crippen LogP contribution >= 0.6 is 15.9 Å². The smallest absolute Gasteiger partial charge is 0.133 e. The Kier molecular flexibility index (Phi) is 2.17. The highest BCUT2D eigenvalue weighted by Crippen LogP contribution is 2.32. The molecule has 1 aromatic rings. The van der Waals surface area contributed by atoms with Crippen LogP contribution in [0.5, 0.6) is 0 Å². The van der Waals surface area contributed by atoms with Gasteiger partial charge in [-0.3, -0.25) is 0 Å². The zero-order chi connectivity index (χ0) is 11.1. The van der Waals surface area contributed by atoms with Gasteiger partial charge in [-0.15, -0.1) is 0 Å². The van der Waals surface area contributed by atoms with Gasteiger partial charge in [-0.2, -0.15) is 0 Å². The van der Waals surface area contributed by atoms with Gasteiger partial charge < -0.3 is 4.90 Å². The van der Waals surface area contributed by atoms with Crippen molar-refractivity contribution in [2.45, 2.75) is 6.54 Å². The fourth-order valence-electron chi connectivity index (χ4n) is 1.84. The molecule has 80 valence electrons. The van der Waals surface area contributed by atoms with E-state index in [0.29, 0.717) is 17.8 Å². The molecule has 0 atom stereocenters. The Balaban J connectivity index is 2.17. The molecule has 0 aromatic heterocycles. The first-order chi connectivity index (χ1) is 7.74. The van der Waals surface area contributed by atoms with Crippen molar-refractivity contribution in [1.29, 1.82) is 0 Å². The van der Waals surface area contributed by atoms with Gasteiger partial charge in [0.1, 0.15) is 11.7 Å². The van der Waals surface area contributed by atoms with Crippen molar-refractivity contribution in [3.8, 4) is 0 Å². The number of aliphatic imine (C=N–C) groups is 1. The molecule has 0 unspecified atom stereocenters. The first-order valence-electron chi connectivity index (χ1n) is 4.92. The highest BCUT2D eigenvalue weighted by atomic mass is 79.9. The van der Waals surface area contributed by atoms with E-state index < -0.39 is 0 Å². The number of fused-ring (bicyclic) bond motifs is 2. The standard InChI is InChI=1S/C12H8BrFN2/c13-8-5-10(14)9-7-16-4-2-1-3-12(16)15-11(9)6-8/h1-6H,7H2. The molecule has 2 aliphatic rings. The summed E-state index contributed by atoms with van der Waals surface area (Å²) in [5.74, 6) is 0.641. The minimum absolute atomic E-state index is 0.213. The highest BCUT2D eigenvalue weighted by Gasteiger charge is 2.20. The summed E-state index contributed by atoms with van der Waals surface area (Å²) in [5.41, 5.74) is 1.35. The van der Waals surface area contributed by atoms with Crippen LogP contribution in [-0.4, -0.2) is 10.7 Å². The van der Waals surface area contributed by atoms with E-state index in [9.17, 15) is 4.39 Å². The van der Waals surface area contributed by atoms with Crippen LogP contribution in [0.25, 0.3) is 0 Å². The minimum Gasteiger partial charge on any atom is -0.328 e. The normalized spacial score (nSPS) is 16.9. The Morgan fingerprint density at radius 2 is 2.19 bits per heavy atom. The van der Waals surface area contributed by atoms with Gasteiger partial charge in [-0.1, -0.05) is 22.0 Å². The third-order valence-electron chi connectivity index (χ3n) is 2.62. The van der Waals surface area contributed by atoms with Gasteiger partial charge in [0.2, 0.25) is 0 Å². The van der Waals surface area contributed by atoms with Crippen LogP contribution in [0.2, 0.25) is 0 Å². The molecule has 0 N–H and O–H groups in total. The Bertz CT molecular complexity index is 546. The monoisotopic (exact) mass is 278 g/mol. The quantitative estimate of drug-likeness (QED) is 0.709. The number of allylic oxidation sites excluding steroid dienone is 2. The van der Waals surface area contributed by atoms with Crippen molar-refractivity contribution in [3.63, 3.8) is 0 Å². The van der Waals surface area contributed by atoms with Gasteiger partial charge in [0, 0.05) is 16.2 Å². The molecule has 2 heterocycles. The van der Waals surface area contributed by atoms with Gasteiger partial charge in [0.05, 0.1) is 12.2 Å². The zero-order valence-electron chi connectivity index (χ0n) is 8.32. The number of hydrogen-bond acceptors (Lipinski definition) is 2. The maximum atomic E-state index is 13.7. The van der Waals surface area contributed by atoms with Gasteiger partial charge >= 0.3 is 0 Å². The van der Waals surface area contributed by atoms with E-state index in [1.54, 1.807) is 0 Å². The lowest BCUT2D eigenvalue weighted by Crippen LogP contribution is -2.28. The summed E-state index contributed by atoms with van der Waals surface area (Å²) in [5, 5.41) is 0. The molecule has 1 aromatic carbocycles. The van der Waals surface area contributed by atoms with Crippen molar-refractivity contribution in [1.82, 2.24) is 4.90 Å². The van der Waals surface area contributed by atoms with Crippen LogP contribution in [0.4, 0.5) is 10.1 Å². The van der Waals surface area contributed by atoms with E-state index >= 15 is 0 Å². The van der Waals surface area contributed by atoms with Crippen molar-refractivity contribution in [2.24, 2.45) is 4.99 Å². The summed E-state index contributed by atoms with van der Waals surface area (Å²) >= 11 is 3.27. The van der Waals surface area contributed by atoms with Crippen LogP contribution in [-0.2, 0) is 6.54 Å². The molecule has 0 saturated heterocycles. The van der Waals surface area contributed by atoms with Crippen LogP contribution in [0, 0.1) is 5.82 Å². The molecule has 16 heavy (non-hydrogen) atoms. The third kappa shape index (κ3) is 1.50. The average Bonchev–Trinajstić information content (AvgIpc) is 2.27. The molecule has 4 heteroatoms. The van der Waals surface area contributed by atoms with Crippen molar-refractivity contribution in [3.05, 3.63) is 52.4 Å². The second-order valence-corrected chi connectivity index (χ2v) is 4.60. The number of nitrogens with zero attached hydrogens (tertiary/aromatic N) is 2. The first-order valence-corrected chi connectivity index (χ1v) is 5.71. The maximum absolute atomic E-state index is 13.7. The first kappa shape index (κ1) is 9.78. The second kappa shape index (κ2) is 3.56. The molecule has 0 bridgehead atoms. The van der Waals surface area contributed by atoms with Crippen LogP contribution < -0.4 is 0 Å². The molecule has 3 rings (SSSR count). The molecule has 0 spiro atoms. The molecular formula is C12H8BrFN2. The van der Waals surface area contributed by atoms with E-state index in [1.807, 2.05) is 35.4 Å². The molecule has 0 saturated carbocycles. The summed E-state index contributed by atoms with van der Waals surface area (Å²) in [6, 6.07) is 3.32. The predicted octanol–water partition coefficient (Wildman–Crippen LogP) is 3.52. The van der Waals surface area contributed by atoms with Gasteiger partial charge in [-0.05, 0) is 24.3 Å². The van der Waals surface area contributed by atoms with Crippen LogP contribution in [0.15, 0.2) is 46.0 Å². The molecule has 0 fully saturated rings. The van der Waals surface area contributed by atoms with E-state index in [2.05, 4.69) is 20.9 Å². The fraction of sp³-hybridized carbons (Fsp3) is 0.0833. The summed E-state index contributed by atoms with van der Waals surface area (Å²) < 4.78 is 14.4. The fourth-order valence-corrected chi connectivity index (χ4v) is 2.26. The summed E-state index contributed by atoms with van der Waals surface area (Å²) in [6.07, 6.45) is 7.67. The van der Waals surface area contributed by atoms with Gasteiger partial charge in [0.15, 0.2) is 0 Å². The number of benzene rings is 1. The number of halogens is 2. The lowest BCUT2D eigenvalue weighted by atomic mass is 10.1.